The highest BCUT2D eigenvalue weighted by atomic mass is 16.2. The second-order valence-corrected chi connectivity index (χ2v) is 7.38. The summed E-state index contributed by atoms with van der Waals surface area (Å²) in [7, 11) is 0. The van der Waals surface area contributed by atoms with Crippen LogP contribution in [-0.4, -0.2) is 28.5 Å². The van der Waals surface area contributed by atoms with Crippen LogP contribution in [0.3, 0.4) is 0 Å². The Bertz CT molecular complexity index is 1080. The lowest BCUT2D eigenvalue weighted by molar-refractivity contribution is -0.125. The van der Waals surface area contributed by atoms with Gasteiger partial charge in [0.05, 0.1) is 0 Å². The highest BCUT2D eigenvalue weighted by Gasteiger charge is 2.22. The van der Waals surface area contributed by atoms with Gasteiger partial charge in [-0.05, 0) is 37.5 Å². The van der Waals surface area contributed by atoms with Crippen molar-refractivity contribution in [1.82, 2.24) is 9.47 Å². The third-order valence-electron chi connectivity index (χ3n) is 5.34. The number of benzene rings is 2. The van der Waals surface area contributed by atoms with Gasteiger partial charge in [-0.1, -0.05) is 48.0 Å². The van der Waals surface area contributed by atoms with Crippen LogP contribution in [0.5, 0.6) is 0 Å². The predicted octanol–water partition coefficient (Wildman–Crippen LogP) is 4.53. The van der Waals surface area contributed by atoms with Crippen molar-refractivity contribution in [2.45, 2.75) is 26.3 Å². The van der Waals surface area contributed by atoms with E-state index in [9.17, 15) is 10.1 Å². The topological polar surface area (TPSA) is 49.0 Å². The number of likely N-dealkylation sites (tertiary alicyclic amines) is 1. The smallest absolute Gasteiger partial charge is 0.264 e. The molecule has 0 unspecified atom stereocenters. The molecule has 0 radical (unpaired) electrons. The molecule has 2 aromatic carbocycles. The molecule has 140 valence electrons. The third kappa shape index (κ3) is 3.57. The monoisotopic (exact) mass is 369 g/mol. The Morgan fingerprint density at radius 3 is 2.54 bits per heavy atom. The summed E-state index contributed by atoms with van der Waals surface area (Å²) in [6.07, 6.45) is 5.81. The molecule has 0 aliphatic carbocycles. The van der Waals surface area contributed by atoms with E-state index in [-0.39, 0.29) is 11.5 Å². The highest BCUT2D eigenvalue weighted by Crippen LogP contribution is 2.25. The Morgan fingerprint density at radius 1 is 1.11 bits per heavy atom. The number of nitrogens with zero attached hydrogens (tertiary/aromatic N) is 3. The molecule has 1 aliphatic heterocycles. The van der Waals surface area contributed by atoms with E-state index in [1.54, 1.807) is 11.0 Å². The van der Waals surface area contributed by atoms with Gasteiger partial charge in [-0.25, -0.2) is 0 Å². The molecule has 0 N–H and O–H groups in total. The first-order chi connectivity index (χ1) is 13.7. The highest BCUT2D eigenvalue weighted by molar-refractivity contribution is 6.04. The van der Waals surface area contributed by atoms with Gasteiger partial charge in [0.15, 0.2) is 0 Å². The van der Waals surface area contributed by atoms with Gasteiger partial charge in [-0.3, -0.25) is 4.79 Å². The van der Waals surface area contributed by atoms with Crippen LogP contribution in [0.2, 0.25) is 0 Å². The van der Waals surface area contributed by atoms with E-state index >= 15 is 0 Å². The number of aromatic nitrogens is 1. The quantitative estimate of drug-likeness (QED) is 0.501. The normalized spacial score (nSPS) is 14.4. The largest absolute Gasteiger partial charge is 0.342 e. The number of carbonyl (C=O) groups excluding carboxylic acids is 1. The molecule has 0 atom stereocenters. The number of aryl methyl sites for hydroxylation is 1. The molecule has 1 fully saturated rings. The van der Waals surface area contributed by atoms with Gasteiger partial charge < -0.3 is 9.47 Å². The van der Waals surface area contributed by atoms with Gasteiger partial charge in [0.2, 0.25) is 0 Å². The first kappa shape index (κ1) is 18.1. The Kier molecular flexibility index (Phi) is 4.99. The number of rotatable bonds is 4. The van der Waals surface area contributed by atoms with Crippen molar-refractivity contribution in [1.29, 1.82) is 5.26 Å². The molecule has 3 aromatic rings. The molecule has 28 heavy (non-hydrogen) atoms. The lowest BCUT2D eigenvalue weighted by Gasteiger charge is -2.13. The summed E-state index contributed by atoms with van der Waals surface area (Å²) in [6, 6.07) is 18.7. The molecule has 1 aliphatic rings. The zero-order valence-corrected chi connectivity index (χ0v) is 16.1. The second-order valence-electron chi connectivity index (χ2n) is 7.38. The standard InChI is InChI=1S/C24H23N3O/c1-18-8-10-19(11-9-18)16-27-17-21(22-6-2-3-7-23(22)27)14-20(15-25)24(28)26-12-4-5-13-26/h2-3,6-11,14,17H,4-5,12-13,16H2,1H3/b20-14+. The molecular formula is C24H23N3O. The average molecular weight is 369 g/mol. The fraction of sp³-hybridized carbons (Fsp3) is 0.250. The first-order valence-electron chi connectivity index (χ1n) is 9.70. The molecule has 1 amide bonds. The second kappa shape index (κ2) is 7.74. The van der Waals surface area contributed by atoms with E-state index in [1.165, 1.54) is 11.1 Å². The van der Waals surface area contributed by atoms with Crippen molar-refractivity contribution >= 4 is 22.9 Å². The van der Waals surface area contributed by atoms with Crippen molar-refractivity contribution in [2.75, 3.05) is 13.1 Å². The number of carbonyl (C=O) groups is 1. The minimum absolute atomic E-state index is 0.157. The van der Waals surface area contributed by atoms with Crippen LogP contribution in [0.1, 0.15) is 29.5 Å². The molecule has 4 rings (SSSR count). The zero-order chi connectivity index (χ0) is 19.5. The van der Waals surface area contributed by atoms with Crippen molar-refractivity contribution in [3.63, 3.8) is 0 Å². The molecule has 1 aromatic heterocycles. The van der Waals surface area contributed by atoms with Crippen LogP contribution in [0.15, 0.2) is 60.3 Å². The van der Waals surface area contributed by atoms with Crippen molar-refractivity contribution in [3.05, 3.63) is 77.0 Å². The van der Waals surface area contributed by atoms with Gasteiger partial charge in [-0.2, -0.15) is 5.26 Å². The summed E-state index contributed by atoms with van der Waals surface area (Å²) >= 11 is 0. The Hall–Kier alpha value is -3.32. The van der Waals surface area contributed by atoms with Gasteiger partial charge in [-0.15, -0.1) is 0 Å². The van der Waals surface area contributed by atoms with Crippen molar-refractivity contribution in [2.24, 2.45) is 0 Å². The summed E-state index contributed by atoms with van der Waals surface area (Å²) in [6.45, 7) is 4.31. The van der Waals surface area contributed by atoms with Crippen LogP contribution < -0.4 is 0 Å². The maximum absolute atomic E-state index is 12.7. The molecule has 1 saturated heterocycles. The zero-order valence-electron chi connectivity index (χ0n) is 16.1. The van der Waals surface area contributed by atoms with Crippen LogP contribution >= 0.6 is 0 Å². The van der Waals surface area contributed by atoms with E-state index in [0.29, 0.717) is 0 Å². The average Bonchev–Trinajstić information content (AvgIpc) is 3.37. The number of amides is 1. The van der Waals surface area contributed by atoms with Crippen LogP contribution in [0, 0.1) is 18.3 Å². The maximum atomic E-state index is 12.7. The fourth-order valence-electron chi connectivity index (χ4n) is 3.80. The number of nitriles is 1. The summed E-state index contributed by atoms with van der Waals surface area (Å²) in [5, 5.41) is 10.6. The minimum atomic E-state index is -0.157. The molecule has 2 heterocycles. The van der Waals surface area contributed by atoms with Gasteiger partial charge in [0.1, 0.15) is 11.6 Å². The van der Waals surface area contributed by atoms with E-state index < -0.39 is 0 Å². The molecule has 4 nitrogen and oxygen atoms in total. The number of hydrogen-bond donors (Lipinski definition) is 0. The van der Waals surface area contributed by atoms with E-state index in [0.717, 1.165) is 48.9 Å². The molecule has 0 spiro atoms. The molecule has 4 heteroatoms. The van der Waals surface area contributed by atoms with E-state index in [4.69, 9.17) is 0 Å². The van der Waals surface area contributed by atoms with E-state index in [2.05, 4.69) is 47.9 Å². The van der Waals surface area contributed by atoms with Gasteiger partial charge in [0.25, 0.3) is 5.91 Å². The predicted molar refractivity (Wildman–Crippen MR) is 112 cm³/mol. The minimum Gasteiger partial charge on any atom is -0.342 e. The van der Waals surface area contributed by atoms with E-state index in [1.807, 2.05) is 24.4 Å². The summed E-state index contributed by atoms with van der Waals surface area (Å²) in [5.41, 5.74) is 4.67. The third-order valence-corrected chi connectivity index (χ3v) is 5.34. The lowest BCUT2D eigenvalue weighted by Crippen LogP contribution is -2.28. The van der Waals surface area contributed by atoms with Crippen molar-refractivity contribution in [3.8, 4) is 6.07 Å². The Labute approximate surface area is 165 Å². The molecule has 0 bridgehead atoms. The SMILES string of the molecule is Cc1ccc(Cn2cc(/C=C(\C#N)C(=O)N3CCCC3)c3ccccc32)cc1. The van der Waals surface area contributed by atoms with Gasteiger partial charge in [0, 0.05) is 42.3 Å². The first-order valence-corrected chi connectivity index (χ1v) is 9.70. The van der Waals surface area contributed by atoms with Crippen LogP contribution in [0.4, 0.5) is 0 Å². The summed E-state index contributed by atoms with van der Waals surface area (Å²) < 4.78 is 2.18. The number of fused-ring (bicyclic) bond motifs is 1. The summed E-state index contributed by atoms with van der Waals surface area (Å²) in [4.78, 5) is 14.5. The number of hydrogen-bond acceptors (Lipinski definition) is 2. The Balaban J connectivity index is 1.72. The molecule has 0 saturated carbocycles. The fourth-order valence-corrected chi connectivity index (χ4v) is 3.80. The lowest BCUT2D eigenvalue weighted by atomic mass is 10.1. The van der Waals surface area contributed by atoms with Crippen LogP contribution in [0.25, 0.3) is 17.0 Å². The summed E-state index contributed by atoms with van der Waals surface area (Å²) in [5.74, 6) is -0.157. The van der Waals surface area contributed by atoms with Crippen LogP contribution in [-0.2, 0) is 11.3 Å². The molecular weight excluding hydrogens is 346 g/mol. The number of para-hydroxylation sites is 1. The maximum Gasteiger partial charge on any atom is 0.264 e. The van der Waals surface area contributed by atoms with Crippen molar-refractivity contribution < 1.29 is 4.79 Å². The Morgan fingerprint density at radius 2 is 1.82 bits per heavy atom. The van der Waals surface area contributed by atoms with Gasteiger partial charge >= 0.3 is 0 Å².